The van der Waals surface area contributed by atoms with Crippen molar-refractivity contribution >= 4 is 29.2 Å². The molecule has 0 saturated heterocycles. The number of fused-ring (bicyclic) bond motifs is 1. The van der Waals surface area contributed by atoms with Gasteiger partial charge in [-0.05, 0) is 36.4 Å². The molecular weight excluding hydrogens is 404 g/mol. The average Bonchev–Trinajstić information content (AvgIpc) is 3.00. The van der Waals surface area contributed by atoms with E-state index in [0.717, 1.165) is 6.07 Å². The maximum atomic E-state index is 13.0. The van der Waals surface area contributed by atoms with Crippen molar-refractivity contribution in [1.29, 1.82) is 5.26 Å². The van der Waals surface area contributed by atoms with Gasteiger partial charge < -0.3 is 24.8 Å². The molecule has 9 nitrogen and oxygen atoms in total. The molecule has 0 radical (unpaired) electrons. The number of carbonyl (C=O) groups excluding carboxylic acids is 3. The monoisotopic (exact) mass is 417 g/mol. The van der Waals surface area contributed by atoms with Crippen LogP contribution in [0.3, 0.4) is 0 Å². The Labute approximate surface area is 168 Å². The van der Waals surface area contributed by atoms with E-state index >= 15 is 0 Å². The van der Waals surface area contributed by atoms with Crippen molar-refractivity contribution in [3.05, 3.63) is 48.0 Å². The van der Waals surface area contributed by atoms with Gasteiger partial charge in [-0.2, -0.15) is 5.26 Å². The lowest BCUT2D eigenvalue weighted by molar-refractivity contribution is -0.286. The Balaban J connectivity index is 1.50. The molecule has 1 heterocycles. The van der Waals surface area contributed by atoms with Crippen molar-refractivity contribution < 1.29 is 37.4 Å². The molecule has 2 aromatic rings. The number of ether oxygens (including phenoxy) is 3. The van der Waals surface area contributed by atoms with Gasteiger partial charge in [0.15, 0.2) is 18.1 Å². The molecule has 30 heavy (non-hydrogen) atoms. The number of rotatable bonds is 6. The second-order valence-electron chi connectivity index (χ2n) is 5.91. The third kappa shape index (κ3) is 5.20. The molecule has 0 saturated carbocycles. The number of alkyl halides is 2. The van der Waals surface area contributed by atoms with Crippen LogP contribution in [0.2, 0.25) is 0 Å². The van der Waals surface area contributed by atoms with Gasteiger partial charge in [0.05, 0.1) is 11.6 Å². The van der Waals surface area contributed by atoms with E-state index in [-0.39, 0.29) is 29.2 Å². The van der Waals surface area contributed by atoms with Crippen LogP contribution in [0, 0.1) is 11.3 Å². The minimum atomic E-state index is -3.77. The standard InChI is InChI=1S/C19H13F2N3O6/c20-19(21)29-14-6-5-13(9-15(14)30-19)24-17(26)10-28-18(27)11-1-3-12(4-2-11)23-16(25)7-8-22/h1-6,9H,7,10H2,(H,23,25)(H,24,26). The number of nitrogens with one attached hydrogen (secondary N) is 2. The summed E-state index contributed by atoms with van der Waals surface area (Å²) in [7, 11) is 0. The predicted octanol–water partition coefficient (Wildman–Crippen LogP) is 2.66. The van der Waals surface area contributed by atoms with E-state index in [0.29, 0.717) is 5.69 Å². The summed E-state index contributed by atoms with van der Waals surface area (Å²) in [6, 6.07) is 11.0. The number of esters is 1. The summed E-state index contributed by atoms with van der Waals surface area (Å²) in [4.78, 5) is 35.3. The van der Waals surface area contributed by atoms with Crippen LogP contribution < -0.4 is 20.1 Å². The summed E-state index contributed by atoms with van der Waals surface area (Å²) in [5.74, 6) is -2.38. The summed E-state index contributed by atoms with van der Waals surface area (Å²) < 4.78 is 39.4. The van der Waals surface area contributed by atoms with E-state index in [1.807, 2.05) is 0 Å². The highest BCUT2D eigenvalue weighted by Crippen LogP contribution is 2.42. The third-order valence-corrected chi connectivity index (χ3v) is 3.66. The number of nitrogens with zero attached hydrogens (tertiary/aromatic N) is 1. The molecule has 3 rings (SSSR count). The Morgan fingerprint density at radius 3 is 2.30 bits per heavy atom. The zero-order chi connectivity index (χ0) is 21.7. The van der Waals surface area contributed by atoms with E-state index in [4.69, 9.17) is 10.00 Å². The van der Waals surface area contributed by atoms with Crippen molar-refractivity contribution in [2.45, 2.75) is 12.7 Å². The van der Waals surface area contributed by atoms with Gasteiger partial charge >= 0.3 is 12.3 Å². The van der Waals surface area contributed by atoms with Crippen LogP contribution in [0.1, 0.15) is 16.8 Å². The quantitative estimate of drug-likeness (QED) is 0.692. The SMILES string of the molecule is N#CCC(=O)Nc1ccc(C(=O)OCC(=O)Nc2ccc3c(c2)OC(F)(F)O3)cc1. The fourth-order valence-corrected chi connectivity index (χ4v) is 2.40. The number of carbonyl (C=O) groups is 3. The van der Waals surface area contributed by atoms with Gasteiger partial charge in [0, 0.05) is 17.4 Å². The minimum absolute atomic E-state index is 0.131. The maximum absolute atomic E-state index is 13.0. The number of benzene rings is 2. The van der Waals surface area contributed by atoms with Crippen LogP contribution in [0.4, 0.5) is 20.2 Å². The van der Waals surface area contributed by atoms with Crippen LogP contribution in [0.25, 0.3) is 0 Å². The number of amides is 2. The highest BCUT2D eigenvalue weighted by atomic mass is 19.3. The topological polar surface area (TPSA) is 127 Å². The van der Waals surface area contributed by atoms with Crippen LogP contribution in [0.15, 0.2) is 42.5 Å². The highest BCUT2D eigenvalue weighted by Gasteiger charge is 2.43. The number of halogens is 2. The van der Waals surface area contributed by atoms with Crippen LogP contribution in [-0.2, 0) is 14.3 Å². The Morgan fingerprint density at radius 2 is 1.60 bits per heavy atom. The van der Waals surface area contributed by atoms with Crippen molar-refractivity contribution in [2.24, 2.45) is 0 Å². The van der Waals surface area contributed by atoms with Crippen molar-refractivity contribution in [3.63, 3.8) is 0 Å². The highest BCUT2D eigenvalue weighted by molar-refractivity contribution is 5.96. The van der Waals surface area contributed by atoms with E-state index in [1.165, 1.54) is 36.4 Å². The van der Waals surface area contributed by atoms with Gasteiger partial charge in [0.1, 0.15) is 6.42 Å². The zero-order valence-electron chi connectivity index (χ0n) is 15.1. The molecule has 0 aromatic heterocycles. The molecular formula is C19H13F2N3O6. The largest absolute Gasteiger partial charge is 0.586 e. The fraction of sp³-hybridized carbons (Fsp3) is 0.158. The molecule has 1 aliphatic rings. The Kier molecular flexibility index (Phi) is 5.78. The average molecular weight is 417 g/mol. The first-order valence-corrected chi connectivity index (χ1v) is 8.39. The van der Waals surface area contributed by atoms with Gasteiger partial charge in [-0.25, -0.2) is 4.79 Å². The predicted molar refractivity (Wildman–Crippen MR) is 96.9 cm³/mol. The summed E-state index contributed by atoms with van der Waals surface area (Å²) in [6.07, 6.45) is -4.07. The first-order chi connectivity index (χ1) is 14.3. The first-order valence-electron chi connectivity index (χ1n) is 8.39. The van der Waals surface area contributed by atoms with Crippen LogP contribution in [0.5, 0.6) is 11.5 Å². The van der Waals surface area contributed by atoms with Crippen molar-refractivity contribution in [1.82, 2.24) is 0 Å². The molecule has 0 spiro atoms. The lowest BCUT2D eigenvalue weighted by Gasteiger charge is -2.08. The number of nitriles is 1. The smallest absolute Gasteiger partial charge is 0.452 e. The normalized spacial score (nSPS) is 13.1. The van der Waals surface area contributed by atoms with Gasteiger partial charge in [0.25, 0.3) is 5.91 Å². The molecule has 1 aliphatic heterocycles. The molecule has 2 amide bonds. The molecule has 0 unspecified atom stereocenters. The summed E-state index contributed by atoms with van der Waals surface area (Å²) in [5.41, 5.74) is 0.665. The lowest BCUT2D eigenvalue weighted by Crippen LogP contribution is -2.25. The second kappa shape index (κ2) is 8.44. The van der Waals surface area contributed by atoms with E-state index in [2.05, 4.69) is 20.1 Å². The Morgan fingerprint density at radius 1 is 0.967 bits per heavy atom. The number of hydrogen-bond acceptors (Lipinski definition) is 7. The Bertz CT molecular complexity index is 1030. The van der Waals surface area contributed by atoms with Gasteiger partial charge in [-0.3, -0.25) is 9.59 Å². The molecule has 0 atom stereocenters. The minimum Gasteiger partial charge on any atom is -0.452 e. The summed E-state index contributed by atoms with van der Waals surface area (Å²) >= 11 is 0. The fourth-order valence-electron chi connectivity index (χ4n) is 2.40. The Hall–Kier alpha value is -4.20. The molecule has 2 N–H and O–H groups in total. The zero-order valence-corrected chi connectivity index (χ0v) is 15.1. The van der Waals surface area contributed by atoms with Crippen molar-refractivity contribution in [3.8, 4) is 17.6 Å². The van der Waals surface area contributed by atoms with E-state index in [9.17, 15) is 23.2 Å². The molecule has 0 bridgehead atoms. The molecule has 2 aromatic carbocycles. The van der Waals surface area contributed by atoms with E-state index < -0.39 is 30.7 Å². The lowest BCUT2D eigenvalue weighted by atomic mass is 10.2. The number of hydrogen-bond donors (Lipinski definition) is 2. The van der Waals surface area contributed by atoms with Gasteiger partial charge in [0.2, 0.25) is 5.91 Å². The number of anilines is 2. The molecule has 154 valence electrons. The molecule has 0 aliphatic carbocycles. The van der Waals surface area contributed by atoms with Crippen LogP contribution in [-0.4, -0.2) is 30.7 Å². The van der Waals surface area contributed by atoms with Crippen molar-refractivity contribution in [2.75, 3.05) is 17.2 Å². The molecule has 11 heteroatoms. The first kappa shape index (κ1) is 20.5. The van der Waals surface area contributed by atoms with Gasteiger partial charge in [-0.15, -0.1) is 8.78 Å². The van der Waals surface area contributed by atoms with Crippen LogP contribution >= 0.6 is 0 Å². The van der Waals surface area contributed by atoms with Gasteiger partial charge in [-0.1, -0.05) is 0 Å². The second-order valence-corrected chi connectivity index (χ2v) is 5.91. The third-order valence-electron chi connectivity index (χ3n) is 3.66. The summed E-state index contributed by atoms with van der Waals surface area (Å²) in [6.45, 7) is -0.621. The summed E-state index contributed by atoms with van der Waals surface area (Å²) in [5, 5.41) is 13.3. The molecule has 0 fully saturated rings. The van der Waals surface area contributed by atoms with E-state index in [1.54, 1.807) is 6.07 Å². The maximum Gasteiger partial charge on any atom is 0.586 e.